The van der Waals surface area contributed by atoms with E-state index in [0.29, 0.717) is 43.4 Å². The number of nitrogens with one attached hydrogen (secondary N) is 1. The second kappa shape index (κ2) is 9.52. The molecule has 0 saturated heterocycles. The molecule has 30 heavy (non-hydrogen) atoms. The van der Waals surface area contributed by atoms with E-state index in [9.17, 15) is 14.7 Å². The Kier molecular flexibility index (Phi) is 6.82. The number of nitrogens with zero attached hydrogens (tertiary/aromatic N) is 1. The first kappa shape index (κ1) is 21.5. The summed E-state index contributed by atoms with van der Waals surface area (Å²) in [5, 5.41) is 12.4. The van der Waals surface area contributed by atoms with Crippen molar-refractivity contribution < 1.29 is 24.2 Å². The Hall–Kier alpha value is -3.22. The summed E-state index contributed by atoms with van der Waals surface area (Å²) in [6.45, 7) is 7.11. The van der Waals surface area contributed by atoms with E-state index in [1.807, 2.05) is 57.2 Å². The van der Waals surface area contributed by atoms with Crippen LogP contribution in [0, 0.1) is 6.92 Å². The number of aliphatic carboxylic acids is 1. The van der Waals surface area contributed by atoms with Crippen LogP contribution in [0.5, 0.6) is 11.5 Å². The zero-order valence-corrected chi connectivity index (χ0v) is 17.6. The molecule has 1 aliphatic rings. The number of amides is 2. The highest BCUT2D eigenvalue weighted by Crippen LogP contribution is 2.40. The number of hydrogen-bond donors (Lipinski definition) is 2. The maximum atomic E-state index is 13.0. The lowest BCUT2D eigenvalue weighted by Gasteiger charge is -2.37. The van der Waals surface area contributed by atoms with Crippen LogP contribution in [-0.4, -0.2) is 41.8 Å². The predicted octanol–water partition coefficient (Wildman–Crippen LogP) is 4.40. The number of aryl methyl sites for hydroxylation is 1. The van der Waals surface area contributed by atoms with E-state index >= 15 is 0 Å². The van der Waals surface area contributed by atoms with Crippen molar-refractivity contribution in [1.82, 2.24) is 4.90 Å². The van der Waals surface area contributed by atoms with Crippen molar-refractivity contribution >= 4 is 17.7 Å². The molecule has 2 amide bonds. The van der Waals surface area contributed by atoms with Crippen LogP contribution in [0.4, 0.5) is 10.5 Å². The van der Waals surface area contributed by atoms with Crippen LogP contribution in [0.15, 0.2) is 36.4 Å². The van der Waals surface area contributed by atoms with Gasteiger partial charge in [0.15, 0.2) is 11.5 Å². The van der Waals surface area contributed by atoms with Gasteiger partial charge in [-0.05, 0) is 68.1 Å². The minimum Gasteiger partial charge on any atom is -0.490 e. The molecule has 1 heterocycles. The molecule has 2 aromatic rings. The van der Waals surface area contributed by atoms with Crippen molar-refractivity contribution in [3.8, 4) is 11.5 Å². The van der Waals surface area contributed by atoms with Crippen molar-refractivity contribution in [1.29, 1.82) is 0 Å². The van der Waals surface area contributed by atoms with E-state index in [4.69, 9.17) is 9.47 Å². The standard InChI is InChI=1S/C23H28N2O5/c1-4-29-20-12-16-9-10-25(23(28)24-17-8-6-7-15(3)11-17)19(14-22(26)27)18(16)13-21(20)30-5-2/h6-8,11-13,19H,4-5,9-10,14H2,1-3H3,(H,24,28)(H,26,27)/t19-/m1/s1. The molecule has 3 rings (SSSR count). The number of carbonyl (C=O) groups excluding carboxylic acids is 1. The van der Waals surface area contributed by atoms with Crippen LogP contribution in [0.25, 0.3) is 0 Å². The number of urea groups is 1. The van der Waals surface area contributed by atoms with E-state index in [-0.39, 0.29) is 12.5 Å². The van der Waals surface area contributed by atoms with Gasteiger partial charge in [-0.1, -0.05) is 12.1 Å². The predicted molar refractivity (Wildman–Crippen MR) is 114 cm³/mol. The molecule has 0 saturated carbocycles. The minimum atomic E-state index is -0.965. The zero-order valence-electron chi connectivity index (χ0n) is 17.6. The Bertz CT molecular complexity index is 928. The fraction of sp³-hybridized carbons (Fsp3) is 0.391. The molecule has 0 bridgehead atoms. The summed E-state index contributed by atoms with van der Waals surface area (Å²) in [6.07, 6.45) is 0.424. The zero-order chi connectivity index (χ0) is 21.7. The molecule has 1 atom stereocenters. The summed E-state index contributed by atoms with van der Waals surface area (Å²) in [5.41, 5.74) is 3.48. The van der Waals surface area contributed by atoms with Crippen molar-refractivity contribution in [2.45, 2.75) is 39.7 Å². The van der Waals surface area contributed by atoms with Crippen LogP contribution in [0.3, 0.4) is 0 Å². The molecular formula is C23H28N2O5. The molecule has 0 unspecified atom stereocenters. The lowest BCUT2D eigenvalue weighted by atomic mass is 9.90. The molecular weight excluding hydrogens is 384 g/mol. The number of ether oxygens (including phenoxy) is 2. The third-order valence-corrected chi connectivity index (χ3v) is 5.06. The fourth-order valence-electron chi connectivity index (χ4n) is 3.79. The summed E-state index contributed by atoms with van der Waals surface area (Å²) < 4.78 is 11.4. The Morgan fingerprint density at radius 2 is 1.83 bits per heavy atom. The van der Waals surface area contributed by atoms with Gasteiger partial charge in [0, 0.05) is 12.2 Å². The summed E-state index contributed by atoms with van der Waals surface area (Å²) in [6, 6.07) is 10.3. The van der Waals surface area contributed by atoms with Gasteiger partial charge in [-0.25, -0.2) is 4.79 Å². The van der Waals surface area contributed by atoms with E-state index in [1.54, 1.807) is 4.90 Å². The van der Waals surface area contributed by atoms with Crippen molar-refractivity contribution in [2.75, 3.05) is 25.1 Å². The average Bonchev–Trinajstić information content (AvgIpc) is 2.69. The minimum absolute atomic E-state index is 0.187. The second-order valence-corrected chi connectivity index (χ2v) is 7.22. The van der Waals surface area contributed by atoms with Crippen molar-refractivity contribution in [3.05, 3.63) is 53.1 Å². The van der Waals surface area contributed by atoms with Gasteiger partial charge < -0.3 is 24.8 Å². The molecule has 1 aliphatic heterocycles. The van der Waals surface area contributed by atoms with Crippen LogP contribution < -0.4 is 14.8 Å². The first-order valence-corrected chi connectivity index (χ1v) is 10.2. The van der Waals surface area contributed by atoms with Crippen LogP contribution in [0.1, 0.15) is 43.0 Å². The summed E-state index contributed by atoms with van der Waals surface area (Å²) in [4.78, 5) is 26.2. The highest BCUT2D eigenvalue weighted by Gasteiger charge is 2.34. The molecule has 2 aromatic carbocycles. The maximum Gasteiger partial charge on any atom is 0.322 e. The van der Waals surface area contributed by atoms with E-state index in [1.165, 1.54) is 0 Å². The van der Waals surface area contributed by atoms with Gasteiger partial charge in [0.05, 0.1) is 25.7 Å². The van der Waals surface area contributed by atoms with Gasteiger partial charge in [0.2, 0.25) is 0 Å². The SMILES string of the molecule is CCOc1cc2c(cc1OCC)[C@@H](CC(=O)O)N(C(=O)Nc1cccc(C)c1)CC2. The quantitative estimate of drug-likeness (QED) is 0.704. The molecule has 7 heteroatoms. The van der Waals surface area contributed by atoms with Gasteiger partial charge >= 0.3 is 12.0 Å². The lowest BCUT2D eigenvalue weighted by Crippen LogP contribution is -2.43. The van der Waals surface area contributed by atoms with Crippen molar-refractivity contribution in [3.63, 3.8) is 0 Å². The Balaban J connectivity index is 1.94. The molecule has 0 fully saturated rings. The third-order valence-electron chi connectivity index (χ3n) is 5.06. The van der Waals surface area contributed by atoms with Gasteiger partial charge in [-0.3, -0.25) is 4.79 Å². The summed E-state index contributed by atoms with van der Waals surface area (Å²) >= 11 is 0. The lowest BCUT2D eigenvalue weighted by molar-refractivity contribution is -0.138. The first-order valence-electron chi connectivity index (χ1n) is 10.2. The van der Waals surface area contributed by atoms with Gasteiger partial charge in [0.1, 0.15) is 0 Å². The monoisotopic (exact) mass is 412 g/mol. The fourth-order valence-corrected chi connectivity index (χ4v) is 3.79. The number of rotatable bonds is 7. The number of benzene rings is 2. The second-order valence-electron chi connectivity index (χ2n) is 7.22. The third kappa shape index (κ3) is 4.84. The van der Waals surface area contributed by atoms with E-state index in [2.05, 4.69) is 5.32 Å². The number of carboxylic acids is 1. The summed E-state index contributed by atoms with van der Waals surface area (Å²) in [5.74, 6) is 0.243. The summed E-state index contributed by atoms with van der Waals surface area (Å²) in [7, 11) is 0. The molecule has 160 valence electrons. The number of anilines is 1. The van der Waals surface area contributed by atoms with Crippen molar-refractivity contribution in [2.24, 2.45) is 0 Å². The van der Waals surface area contributed by atoms with E-state index < -0.39 is 12.0 Å². The first-order chi connectivity index (χ1) is 14.4. The van der Waals surface area contributed by atoms with Crippen LogP contribution in [-0.2, 0) is 11.2 Å². The Labute approximate surface area is 176 Å². The largest absolute Gasteiger partial charge is 0.490 e. The topological polar surface area (TPSA) is 88.1 Å². The molecule has 0 radical (unpaired) electrons. The highest BCUT2D eigenvalue weighted by atomic mass is 16.5. The van der Waals surface area contributed by atoms with Gasteiger partial charge in [-0.2, -0.15) is 0 Å². The van der Waals surface area contributed by atoms with Gasteiger partial charge in [-0.15, -0.1) is 0 Å². The highest BCUT2D eigenvalue weighted by molar-refractivity contribution is 5.90. The van der Waals surface area contributed by atoms with E-state index in [0.717, 1.165) is 16.7 Å². The number of hydrogen-bond acceptors (Lipinski definition) is 4. The van der Waals surface area contributed by atoms with Gasteiger partial charge in [0.25, 0.3) is 0 Å². The number of fused-ring (bicyclic) bond motifs is 1. The molecule has 2 N–H and O–H groups in total. The molecule has 0 spiro atoms. The molecule has 0 aromatic heterocycles. The smallest absolute Gasteiger partial charge is 0.322 e. The number of carbonyl (C=O) groups is 2. The Morgan fingerprint density at radius 1 is 1.13 bits per heavy atom. The average molecular weight is 412 g/mol. The molecule has 7 nitrogen and oxygen atoms in total. The Morgan fingerprint density at radius 3 is 2.47 bits per heavy atom. The van der Waals surface area contributed by atoms with Crippen LogP contribution >= 0.6 is 0 Å². The normalized spacial score (nSPS) is 15.3. The number of carboxylic acid groups (broad SMARTS) is 1. The molecule has 0 aliphatic carbocycles. The van der Waals surface area contributed by atoms with Crippen LogP contribution in [0.2, 0.25) is 0 Å². The maximum absolute atomic E-state index is 13.0.